The summed E-state index contributed by atoms with van der Waals surface area (Å²) in [6.45, 7) is 2.77. The molecule has 18 heavy (non-hydrogen) atoms. The highest BCUT2D eigenvalue weighted by atomic mass is 16.1. The van der Waals surface area contributed by atoms with Crippen molar-refractivity contribution in [3.63, 3.8) is 0 Å². The number of hydrogen-bond acceptors (Lipinski definition) is 2. The maximum Gasteiger partial charge on any atom is 0.254 e. The first-order chi connectivity index (χ1) is 8.66. The lowest BCUT2D eigenvalue weighted by molar-refractivity contribution is 0.606. The van der Waals surface area contributed by atoms with E-state index < -0.39 is 0 Å². The average molecular weight is 242 g/mol. The summed E-state index contributed by atoms with van der Waals surface area (Å²) in [7, 11) is 0. The number of benzene rings is 1. The van der Waals surface area contributed by atoms with E-state index >= 15 is 0 Å². The molecule has 2 heterocycles. The summed E-state index contributed by atoms with van der Waals surface area (Å²) in [5, 5.41) is 1.17. The van der Waals surface area contributed by atoms with E-state index in [0.717, 1.165) is 30.5 Å². The van der Waals surface area contributed by atoms with Crippen LogP contribution < -0.4 is 11.3 Å². The van der Waals surface area contributed by atoms with E-state index in [4.69, 9.17) is 5.73 Å². The van der Waals surface area contributed by atoms with Gasteiger partial charge in [0.25, 0.3) is 5.56 Å². The molecule has 2 aromatic rings. The molecular weight excluding hydrogens is 224 g/mol. The van der Waals surface area contributed by atoms with Crippen molar-refractivity contribution < 1.29 is 0 Å². The summed E-state index contributed by atoms with van der Waals surface area (Å²) in [6, 6.07) is 8.34. The molecule has 3 rings (SSSR count). The van der Waals surface area contributed by atoms with Crippen molar-refractivity contribution in [1.29, 1.82) is 0 Å². The third kappa shape index (κ3) is 1.75. The molecule has 0 fully saturated rings. The van der Waals surface area contributed by atoms with Crippen molar-refractivity contribution in [2.45, 2.75) is 38.8 Å². The van der Waals surface area contributed by atoms with Gasteiger partial charge in [0.2, 0.25) is 0 Å². The molecule has 1 unspecified atom stereocenters. The summed E-state index contributed by atoms with van der Waals surface area (Å²) in [4.78, 5) is 12.4. The molecule has 0 spiro atoms. The second kappa shape index (κ2) is 4.25. The first-order valence-corrected chi connectivity index (χ1v) is 6.56. The van der Waals surface area contributed by atoms with Gasteiger partial charge in [-0.15, -0.1) is 0 Å². The third-order valence-electron chi connectivity index (χ3n) is 3.64. The fourth-order valence-corrected chi connectivity index (χ4v) is 2.92. The quantitative estimate of drug-likeness (QED) is 0.873. The monoisotopic (exact) mass is 242 g/mol. The topological polar surface area (TPSA) is 48.0 Å². The molecule has 0 saturated heterocycles. The van der Waals surface area contributed by atoms with Gasteiger partial charge in [-0.1, -0.05) is 18.2 Å². The van der Waals surface area contributed by atoms with Gasteiger partial charge in [0.15, 0.2) is 0 Å². The zero-order chi connectivity index (χ0) is 12.7. The predicted octanol–water partition coefficient (Wildman–Crippen LogP) is 1.84. The minimum absolute atomic E-state index is 0.0229. The number of para-hydroxylation sites is 1. The van der Waals surface area contributed by atoms with Crippen LogP contribution >= 0.6 is 0 Å². The van der Waals surface area contributed by atoms with E-state index in [1.165, 1.54) is 10.9 Å². The van der Waals surface area contributed by atoms with Crippen LogP contribution in [0.5, 0.6) is 0 Å². The second-order valence-electron chi connectivity index (χ2n) is 5.27. The fraction of sp³-hybridized carbons (Fsp3) is 0.400. The molecule has 1 aromatic heterocycles. The molecule has 1 aliphatic heterocycles. The summed E-state index contributed by atoms with van der Waals surface area (Å²) in [5.74, 6) is 0. The molecule has 1 aromatic carbocycles. The minimum atomic E-state index is 0.0229. The number of nitrogens with two attached hydrogens (primary N) is 1. The van der Waals surface area contributed by atoms with Crippen LogP contribution in [0.1, 0.15) is 24.5 Å². The van der Waals surface area contributed by atoms with Crippen LogP contribution in [0, 0.1) is 0 Å². The molecule has 0 amide bonds. The number of hydrogen-bond donors (Lipinski definition) is 1. The normalized spacial score (nSPS) is 15.9. The van der Waals surface area contributed by atoms with Crippen LogP contribution in [-0.2, 0) is 19.4 Å². The molecule has 1 atom stereocenters. The minimum Gasteiger partial charge on any atom is -0.328 e. The van der Waals surface area contributed by atoms with E-state index in [2.05, 4.69) is 18.2 Å². The lowest BCUT2D eigenvalue weighted by atomic mass is 9.98. The zero-order valence-electron chi connectivity index (χ0n) is 10.6. The standard InChI is InChI=1S/C15H18N2O/c1-10(16)8-13-9-12-5-2-4-11-6-3-7-17(14(11)12)15(13)18/h2,4-5,9-10H,3,6-8,16H2,1H3. The smallest absolute Gasteiger partial charge is 0.254 e. The molecular formula is C15H18N2O. The van der Waals surface area contributed by atoms with Gasteiger partial charge in [-0.05, 0) is 43.2 Å². The Kier molecular flexibility index (Phi) is 2.71. The van der Waals surface area contributed by atoms with E-state index in [1.54, 1.807) is 0 Å². The molecule has 0 bridgehead atoms. The van der Waals surface area contributed by atoms with Crippen LogP contribution in [-0.4, -0.2) is 10.6 Å². The van der Waals surface area contributed by atoms with Crippen molar-refractivity contribution in [2.75, 3.05) is 0 Å². The highest BCUT2D eigenvalue weighted by Crippen LogP contribution is 2.24. The Labute approximate surface area is 106 Å². The maximum absolute atomic E-state index is 12.4. The summed E-state index contributed by atoms with van der Waals surface area (Å²) in [6.07, 6.45) is 2.77. The number of aromatic nitrogens is 1. The molecule has 94 valence electrons. The van der Waals surface area contributed by atoms with Crippen molar-refractivity contribution in [2.24, 2.45) is 5.73 Å². The fourth-order valence-electron chi connectivity index (χ4n) is 2.92. The van der Waals surface area contributed by atoms with E-state index in [-0.39, 0.29) is 11.6 Å². The molecule has 2 N–H and O–H groups in total. The Bertz CT molecular complexity index is 655. The molecule has 0 saturated carbocycles. The Morgan fingerprint density at radius 2 is 2.28 bits per heavy atom. The van der Waals surface area contributed by atoms with Gasteiger partial charge in [0, 0.05) is 18.2 Å². The van der Waals surface area contributed by atoms with E-state index in [0.29, 0.717) is 6.42 Å². The van der Waals surface area contributed by atoms with Gasteiger partial charge in [-0.2, -0.15) is 0 Å². The Balaban J connectivity index is 2.31. The summed E-state index contributed by atoms with van der Waals surface area (Å²) in [5.41, 5.74) is 9.24. The molecule has 1 aliphatic rings. The summed E-state index contributed by atoms with van der Waals surface area (Å²) < 4.78 is 1.94. The number of rotatable bonds is 2. The molecule has 3 heteroatoms. The first kappa shape index (κ1) is 11.5. The van der Waals surface area contributed by atoms with Crippen LogP contribution in [0.15, 0.2) is 29.1 Å². The number of pyridine rings is 1. The van der Waals surface area contributed by atoms with E-state index in [1.807, 2.05) is 17.6 Å². The van der Waals surface area contributed by atoms with Gasteiger partial charge in [-0.25, -0.2) is 0 Å². The van der Waals surface area contributed by atoms with Gasteiger partial charge in [0.05, 0.1) is 5.52 Å². The first-order valence-electron chi connectivity index (χ1n) is 6.56. The number of nitrogens with zero attached hydrogens (tertiary/aromatic N) is 1. The van der Waals surface area contributed by atoms with Gasteiger partial charge < -0.3 is 10.3 Å². The largest absolute Gasteiger partial charge is 0.328 e. The maximum atomic E-state index is 12.4. The Morgan fingerprint density at radius 3 is 3.06 bits per heavy atom. The molecule has 0 aliphatic carbocycles. The van der Waals surface area contributed by atoms with Crippen LogP contribution in [0.25, 0.3) is 10.9 Å². The van der Waals surface area contributed by atoms with Gasteiger partial charge >= 0.3 is 0 Å². The van der Waals surface area contributed by atoms with Crippen LogP contribution in [0.3, 0.4) is 0 Å². The van der Waals surface area contributed by atoms with Crippen LogP contribution in [0.4, 0.5) is 0 Å². The van der Waals surface area contributed by atoms with E-state index in [9.17, 15) is 4.79 Å². The van der Waals surface area contributed by atoms with Crippen molar-refractivity contribution in [3.8, 4) is 0 Å². The van der Waals surface area contributed by atoms with Crippen molar-refractivity contribution in [1.82, 2.24) is 4.57 Å². The van der Waals surface area contributed by atoms with Crippen LogP contribution in [0.2, 0.25) is 0 Å². The lowest BCUT2D eigenvalue weighted by Crippen LogP contribution is -2.30. The van der Waals surface area contributed by atoms with Crippen molar-refractivity contribution >= 4 is 10.9 Å². The van der Waals surface area contributed by atoms with Crippen molar-refractivity contribution in [3.05, 3.63) is 45.7 Å². The Hall–Kier alpha value is -1.61. The third-order valence-corrected chi connectivity index (χ3v) is 3.64. The predicted molar refractivity (Wildman–Crippen MR) is 73.9 cm³/mol. The second-order valence-corrected chi connectivity index (χ2v) is 5.27. The van der Waals surface area contributed by atoms with Gasteiger partial charge in [0.1, 0.15) is 0 Å². The SMILES string of the molecule is CC(N)Cc1cc2cccc3c2n(c1=O)CCC3. The Morgan fingerprint density at radius 1 is 1.44 bits per heavy atom. The highest BCUT2D eigenvalue weighted by molar-refractivity contribution is 5.83. The molecule has 3 nitrogen and oxygen atoms in total. The average Bonchev–Trinajstić information content (AvgIpc) is 2.35. The summed E-state index contributed by atoms with van der Waals surface area (Å²) >= 11 is 0. The highest BCUT2D eigenvalue weighted by Gasteiger charge is 2.16. The number of aryl methyl sites for hydroxylation is 2. The lowest BCUT2D eigenvalue weighted by Gasteiger charge is -2.20. The van der Waals surface area contributed by atoms with Gasteiger partial charge in [-0.3, -0.25) is 4.79 Å². The molecule has 0 radical (unpaired) electrons. The zero-order valence-corrected chi connectivity index (χ0v) is 10.6.